The van der Waals surface area contributed by atoms with Crippen molar-refractivity contribution in [2.75, 3.05) is 17.9 Å². The molecule has 0 radical (unpaired) electrons. The van der Waals surface area contributed by atoms with Crippen molar-refractivity contribution < 1.29 is 9.53 Å². The number of aryl methyl sites for hydroxylation is 1. The van der Waals surface area contributed by atoms with Crippen LogP contribution >= 0.6 is 0 Å². The normalized spacial score (nSPS) is 9.95. The van der Waals surface area contributed by atoms with E-state index in [-0.39, 0.29) is 5.91 Å². The molecule has 104 valence electrons. The van der Waals surface area contributed by atoms with E-state index < -0.39 is 0 Å². The minimum Gasteiger partial charge on any atom is -0.496 e. The number of carbonyl (C=O) groups excluding carboxylic acids is 1. The Balaban J connectivity index is 2.21. The molecule has 0 fully saturated rings. The Morgan fingerprint density at radius 1 is 1.35 bits per heavy atom. The van der Waals surface area contributed by atoms with Gasteiger partial charge in [-0.2, -0.15) is 0 Å². The molecule has 6 nitrogen and oxygen atoms in total. The lowest BCUT2D eigenvalue weighted by Gasteiger charge is -2.11. The minimum atomic E-state index is -0.282. The van der Waals surface area contributed by atoms with Crippen LogP contribution in [0.2, 0.25) is 0 Å². The molecule has 0 aliphatic carbocycles. The number of hydrazine groups is 1. The molecule has 20 heavy (non-hydrogen) atoms. The minimum absolute atomic E-state index is 0.282. The van der Waals surface area contributed by atoms with Gasteiger partial charge in [-0.3, -0.25) is 15.6 Å². The van der Waals surface area contributed by atoms with Gasteiger partial charge < -0.3 is 15.5 Å². The number of hydrogen-bond donors (Lipinski definition) is 3. The van der Waals surface area contributed by atoms with Crippen molar-refractivity contribution in [1.29, 1.82) is 0 Å². The van der Waals surface area contributed by atoms with Crippen LogP contribution in [0.1, 0.15) is 15.9 Å². The van der Waals surface area contributed by atoms with Gasteiger partial charge in [-0.15, -0.1) is 0 Å². The summed E-state index contributed by atoms with van der Waals surface area (Å²) >= 11 is 0. The van der Waals surface area contributed by atoms with Crippen molar-refractivity contribution >= 4 is 17.3 Å². The number of nitrogens with zero attached hydrogens (tertiary/aromatic N) is 1. The fourth-order valence-electron chi connectivity index (χ4n) is 1.86. The Bertz CT molecular complexity index is 628. The maximum Gasteiger partial charge on any atom is 0.259 e. The second kappa shape index (κ2) is 6.03. The van der Waals surface area contributed by atoms with E-state index in [2.05, 4.69) is 15.7 Å². The predicted octanol–water partition coefficient (Wildman–Crippen LogP) is 1.94. The maximum atomic E-state index is 12.2. The molecular formula is C14H16N4O2. The number of aromatic nitrogens is 1. The van der Waals surface area contributed by atoms with Gasteiger partial charge in [0.2, 0.25) is 0 Å². The molecule has 2 aromatic rings. The van der Waals surface area contributed by atoms with E-state index in [1.54, 1.807) is 31.5 Å². The molecule has 0 atom stereocenters. The average molecular weight is 272 g/mol. The van der Waals surface area contributed by atoms with Gasteiger partial charge in [0.15, 0.2) is 0 Å². The number of methoxy groups -OCH3 is 1. The SMILES string of the molecule is COc1ccc(NC(=O)c2cnccc2NN)cc1C. The van der Waals surface area contributed by atoms with Gasteiger partial charge in [-0.1, -0.05) is 0 Å². The second-order valence-electron chi connectivity index (χ2n) is 4.20. The number of nitrogens with one attached hydrogen (secondary N) is 2. The summed E-state index contributed by atoms with van der Waals surface area (Å²) in [4.78, 5) is 16.1. The Morgan fingerprint density at radius 2 is 2.15 bits per heavy atom. The van der Waals surface area contributed by atoms with E-state index in [0.29, 0.717) is 16.9 Å². The summed E-state index contributed by atoms with van der Waals surface area (Å²) in [7, 11) is 1.61. The van der Waals surface area contributed by atoms with Crippen LogP contribution in [0.4, 0.5) is 11.4 Å². The van der Waals surface area contributed by atoms with Crippen LogP contribution < -0.4 is 21.3 Å². The number of rotatable bonds is 4. The molecule has 0 bridgehead atoms. The number of amides is 1. The third-order valence-corrected chi connectivity index (χ3v) is 2.87. The van der Waals surface area contributed by atoms with E-state index in [9.17, 15) is 4.79 Å². The van der Waals surface area contributed by atoms with Crippen molar-refractivity contribution in [2.45, 2.75) is 6.92 Å². The number of nitrogen functional groups attached to an aromatic ring is 1. The zero-order chi connectivity index (χ0) is 14.5. The first-order valence-corrected chi connectivity index (χ1v) is 6.02. The summed E-state index contributed by atoms with van der Waals surface area (Å²) in [5, 5.41) is 2.80. The van der Waals surface area contributed by atoms with E-state index in [1.165, 1.54) is 6.20 Å². The van der Waals surface area contributed by atoms with Gasteiger partial charge in [-0.25, -0.2) is 0 Å². The van der Waals surface area contributed by atoms with Crippen LogP contribution in [0.15, 0.2) is 36.7 Å². The van der Waals surface area contributed by atoms with E-state index in [1.807, 2.05) is 13.0 Å². The molecule has 1 heterocycles. The lowest BCUT2D eigenvalue weighted by molar-refractivity contribution is 0.102. The summed E-state index contributed by atoms with van der Waals surface area (Å²) < 4.78 is 5.18. The van der Waals surface area contributed by atoms with Gasteiger partial charge in [0, 0.05) is 18.1 Å². The van der Waals surface area contributed by atoms with Crippen molar-refractivity contribution in [3.05, 3.63) is 47.8 Å². The fourth-order valence-corrected chi connectivity index (χ4v) is 1.86. The number of hydrogen-bond acceptors (Lipinski definition) is 5. The molecule has 0 saturated carbocycles. The molecule has 0 aliphatic rings. The Kier molecular flexibility index (Phi) is 4.17. The highest BCUT2D eigenvalue weighted by Crippen LogP contribution is 2.22. The standard InChI is InChI=1S/C14H16N4O2/c1-9-7-10(3-4-13(9)20-2)17-14(19)11-8-16-6-5-12(11)18-15/h3-8H,15H2,1-2H3,(H,16,18)(H,17,19). The van der Waals surface area contributed by atoms with E-state index >= 15 is 0 Å². The third-order valence-electron chi connectivity index (χ3n) is 2.87. The highest BCUT2D eigenvalue weighted by molar-refractivity contribution is 6.07. The van der Waals surface area contributed by atoms with Gasteiger partial charge in [-0.05, 0) is 36.8 Å². The molecule has 1 aromatic heterocycles. The van der Waals surface area contributed by atoms with Crippen molar-refractivity contribution in [3.63, 3.8) is 0 Å². The second-order valence-corrected chi connectivity index (χ2v) is 4.20. The number of ether oxygens (including phenoxy) is 1. The summed E-state index contributed by atoms with van der Waals surface area (Å²) in [6.07, 6.45) is 3.02. The lowest BCUT2D eigenvalue weighted by atomic mass is 10.2. The molecule has 0 saturated heterocycles. The number of benzene rings is 1. The molecule has 0 aliphatic heterocycles. The van der Waals surface area contributed by atoms with Crippen LogP contribution in [0.5, 0.6) is 5.75 Å². The molecule has 2 rings (SSSR count). The maximum absolute atomic E-state index is 12.2. The first-order chi connectivity index (χ1) is 9.65. The number of nitrogens with two attached hydrogens (primary N) is 1. The molecule has 4 N–H and O–H groups in total. The quantitative estimate of drug-likeness (QED) is 0.584. The van der Waals surface area contributed by atoms with Gasteiger partial charge >= 0.3 is 0 Å². The van der Waals surface area contributed by atoms with Crippen molar-refractivity contribution in [3.8, 4) is 5.75 Å². The topological polar surface area (TPSA) is 89.3 Å². The predicted molar refractivity (Wildman–Crippen MR) is 77.7 cm³/mol. The number of carbonyl (C=O) groups is 1. The van der Waals surface area contributed by atoms with Gasteiger partial charge in [0.25, 0.3) is 5.91 Å². The summed E-state index contributed by atoms with van der Waals surface area (Å²) in [6, 6.07) is 7.04. The van der Waals surface area contributed by atoms with Crippen LogP contribution in [-0.4, -0.2) is 18.0 Å². The number of pyridine rings is 1. The monoisotopic (exact) mass is 272 g/mol. The smallest absolute Gasteiger partial charge is 0.259 e. The molecule has 0 unspecified atom stereocenters. The Hall–Kier alpha value is -2.60. The summed E-state index contributed by atoms with van der Waals surface area (Å²) in [6.45, 7) is 1.91. The highest BCUT2D eigenvalue weighted by Gasteiger charge is 2.11. The van der Waals surface area contributed by atoms with Crippen LogP contribution in [0, 0.1) is 6.92 Å². The van der Waals surface area contributed by atoms with Crippen LogP contribution in [0.25, 0.3) is 0 Å². The van der Waals surface area contributed by atoms with Gasteiger partial charge in [0.1, 0.15) is 5.75 Å². The van der Waals surface area contributed by atoms with Crippen molar-refractivity contribution in [1.82, 2.24) is 4.98 Å². The Labute approximate surface area is 116 Å². The van der Waals surface area contributed by atoms with Crippen LogP contribution in [-0.2, 0) is 0 Å². The average Bonchev–Trinajstić information content (AvgIpc) is 2.47. The summed E-state index contributed by atoms with van der Waals surface area (Å²) in [5.41, 5.74) is 4.98. The van der Waals surface area contributed by atoms with Crippen molar-refractivity contribution in [2.24, 2.45) is 5.84 Å². The van der Waals surface area contributed by atoms with Gasteiger partial charge in [0.05, 0.1) is 18.4 Å². The summed E-state index contributed by atoms with van der Waals surface area (Å²) in [5.74, 6) is 5.86. The largest absolute Gasteiger partial charge is 0.496 e. The highest BCUT2D eigenvalue weighted by atomic mass is 16.5. The number of anilines is 2. The molecule has 6 heteroatoms. The Morgan fingerprint density at radius 3 is 2.80 bits per heavy atom. The molecular weight excluding hydrogens is 256 g/mol. The van der Waals surface area contributed by atoms with Crippen LogP contribution in [0.3, 0.4) is 0 Å². The molecule has 0 spiro atoms. The van der Waals surface area contributed by atoms with E-state index in [0.717, 1.165) is 11.3 Å². The fraction of sp³-hybridized carbons (Fsp3) is 0.143. The first kappa shape index (κ1) is 13.8. The first-order valence-electron chi connectivity index (χ1n) is 6.02. The molecule has 1 amide bonds. The third kappa shape index (κ3) is 2.86. The van der Waals surface area contributed by atoms with E-state index in [4.69, 9.17) is 10.6 Å². The molecule has 1 aromatic carbocycles. The zero-order valence-electron chi connectivity index (χ0n) is 11.3. The zero-order valence-corrected chi connectivity index (χ0v) is 11.3. The lowest BCUT2D eigenvalue weighted by Crippen LogP contribution is -2.17.